The average molecular weight is 456 g/mol. The Labute approximate surface area is 171 Å². The summed E-state index contributed by atoms with van der Waals surface area (Å²) >= 11 is 9.43. The maximum Gasteiger partial charge on any atom is 0.242 e. The standard InChI is InChI=1S/C20H21BrClFN2O2/c1-3-24-20(27)13(2)25(12-14-7-9-15(21)10-8-14)19(26)11-16-17(22)5-4-6-18(16)23/h4-10,13H,3,11-12H2,1-2H3,(H,24,27)/t13-/m1/s1. The van der Waals surface area contributed by atoms with Gasteiger partial charge in [-0.2, -0.15) is 0 Å². The van der Waals surface area contributed by atoms with Gasteiger partial charge in [0.1, 0.15) is 11.9 Å². The monoisotopic (exact) mass is 454 g/mol. The average Bonchev–Trinajstić information content (AvgIpc) is 2.64. The van der Waals surface area contributed by atoms with Crippen molar-refractivity contribution in [3.05, 3.63) is 68.9 Å². The Hall–Kier alpha value is -1.92. The number of rotatable bonds is 7. The van der Waals surface area contributed by atoms with Gasteiger partial charge in [0.15, 0.2) is 0 Å². The zero-order valence-corrected chi connectivity index (χ0v) is 17.5. The van der Waals surface area contributed by atoms with Gasteiger partial charge in [-0.15, -0.1) is 0 Å². The predicted molar refractivity (Wildman–Crippen MR) is 108 cm³/mol. The van der Waals surface area contributed by atoms with Crippen LogP contribution in [0.2, 0.25) is 5.02 Å². The van der Waals surface area contributed by atoms with Gasteiger partial charge in [-0.25, -0.2) is 4.39 Å². The first kappa shape index (κ1) is 21.4. The van der Waals surface area contributed by atoms with Crippen LogP contribution in [0.25, 0.3) is 0 Å². The van der Waals surface area contributed by atoms with Crippen LogP contribution in [0, 0.1) is 5.82 Å². The van der Waals surface area contributed by atoms with Gasteiger partial charge in [-0.3, -0.25) is 9.59 Å². The van der Waals surface area contributed by atoms with Gasteiger partial charge in [0, 0.05) is 28.1 Å². The second kappa shape index (κ2) is 9.85. The third kappa shape index (κ3) is 5.78. The molecule has 0 aromatic heterocycles. The van der Waals surface area contributed by atoms with Crippen LogP contribution in [-0.4, -0.2) is 29.3 Å². The Morgan fingerprint density at radius 3 is 2.48 bits per heavy atom. The van der Waals surface area contributed by atoms with Crippen molar-refractivity contribution in [3.8, 4) is 0 Å². The summed E-state index contributed by atoms with van der Waals surface area (Å²) in [5.41, 5.74) is 0.996. The number of benzene rings is 2. The molecule has 2 rings (SSSR count). The molecular formula is C20H21BrClFN2O2. The number of hydrogen-bond acceptors (Lipinski definition) is 2. The molecule has 0 fully saturated rings. The van der Waals surface area contributed by atoms with E-state index in [-0.39, 0.29) is 35.4 Å². The lowest BCUT2D eigenvalue weighted by Crippen LogP contribution is -2.48. The number of nitrogens with one attached hydrogen (secondary N) is 1. The van der Waals surface area contributed by atoms with Crippen molar-refractivity contribution >= 4 is 39.3 Å². The van der Waals surface area contributed by atoms with Crippen LogP contribution in [0.3, 0.4) is 0 Å². The zero-order valence-electron chi connectivity index (χ0n) is 15.1. The Bertz CT molecular complexity index is 794. The minimum Gasteiger partial charge on any atom is -0.355 e. The van der Waals surface area contributed by atoms with Gasteiger partial charge in [-0.1, -0.05) is 45.7 Å². The van der Waals surface area contributed by atoms with Gasteiger partial charge in [0.05, 0.1) is 6.42 Å². The van der Waals surface area contributed by atoms with Crippen molar-refractivity contribution in [2.75, 3.05) is 6.54 Å². The van der Waals surface area contributed by atoms with E-state index in [4.69, 9.17) is 11.6 Å². The largest absolute Gasteiger partial charge is 0.355 e. The number of amides is 2. The van der Waals surface area contributed by atoms with E-state index in [0.717, 1.165) is 10.0 Å². The Kier molecular flexibility index (Phi) is 7.80. The number of carbonyl (C=O) groups is 2. The summed E-state index contributed by atoms with van der Waals surface area (Å²) in [5, 5.41) is 2.91. The first-order valence-corrected chi connectivity index (χ1v) is 9.75. The predicted octanol–water partition coefficient (Wildman–Crippen LogP) is 4.34. The van der Waals surface area contributed by atoms with Gasteiger partial charge < -0.3 is 10.2 Å². The van der Waals surface area contributed by atoms with Crippen molar-refractivity contribution in [1.29, 1.82) is 0 Å². The maximum atomic E-state index is 14.1. The Balaban J connectivity index is 2.28. The minimum atomic E-state index is -0.702. The molecule has 0 spiro atoms. The Morgan fingerprint density at radius 2 is 1.89 bits per heavy atom. The van der Waals surface area contributed by atoms with Gasteiger partial charge >= 0.3 is 0 Å². The number of hydrogen-bond donors (Lipinski definition) is 1. The molecule has 2 aromatic rings. The molecule has 2 aromatic carbocycles. The molecule has 0 heterocycles. The molecule has 2 amide bonds. The van der Waals surface area contributed by atoms with Crippen LogP contribution in [-0.2, 0) is 22.6 Å². The summed E-state index contributed by atoms with van der Waals surface area (Å²) in [6.45, 7) is 4.16. The van der Waals surface area contributed by atoms with Gasteiger partial charge in [-0.05, 0) is 43.7 Å². The van der Waals surface area contributed by atoms with Gasteiger partial charge in [0.25, 0.3) is 0 Å². The van der Waals surface area contributed by atoms with E-state index in [1.54, 1.807) is 13.0 Å². The first-order chi connectivity index (χ1) is 12.8. The summed E-state index contributed by atoms with van der Waals surface area (Å²) < 4.78 is 15.0. The van der Waals surface area contributed by atoms with E-state index < -0.39 is 11.9 Å². The van der Waals surface area contributed by atoms with E-state index in [9.17, 15) is 14.0 Å². The molecular weight excluding hydrogens is 435 g/mol. The number of nitrogens with zero attached hydrogens (tertiary/aromatic N) is 1. The van der Waals surface area contributed by atoms with E-state index in [1.165, 1.54) is 17.0 Å². The normalized spacial score (nSPS) is 11.7. The van der Waals surface area contributed by atoms with Crippen LogP contribution in [0.15, 0.2) is 46.9 Å². The summed E-state index contributed by atoms with van der Waals surface area (Å²) in [5.74, 6) is -1.17. The minimum absolute atomic E-state index is 0.132. The summed E-state index contributed by atoms with van der Waals surface area (Å²) in [4.78, 5) is 26.7. The van der Waals surface area contributed by atoms with Crippen molar-refractivity contribution in [3.63, 3.8) is 0 Å². The fourth-order valence-electron chi connectivity index (χ4n) is 2.65. The van der Waals surface area contributed by atoms with Crippen LogP contribution >= 0.6 is 27.5 Å². The van der Waals surface area contributed by atoms with Crippen molar-refractivity contribution in [1.82, 2.24) is 10.2 Å². The van der Waals surface area contributed by atoms with Crippen LogP contribution in [0.1, 0.15) is 25.0 Å². The molecule has 0 aliphatic heterocycles. The highest BCUT2D eigenvalue weighted by atomic mass is 79.9. The highest BCUT2D eigenvalue weighted by molar-refractivity contribution is 9.10. The third-order valence-corrected chi connectivity index (χ3v) is 5.06. The molecule has 0 saturated heterocycles. The van der Waals surface area contributed by atoms with Crippen molar-refractivity contribution in [2.45, 2.75) is 32.9 Å². The lowest BCUT2D eigenvalue weighted by Gasteiger charge is -2.29. The molecule has 1 atom stereocenters. The van der Waals surface area contributed by atoms with Crippen LogP contribution in [0.4, 0.5) is 4.39 Å². The second-order valence-corrected chi connectivity index (χ2v) is 7.42. The summed E-state index contributed by atoms with van der Waals surface area (Å²) in [6, 6.07) is 11.1. The van der Waals surface area contributed by atoms with Crippen LogP contribution in [0.5, 0.6) is 0 Å². The lowest BCUT2D eigenvalue weighted by atomic mass is 10.1. The lowest BCUT2D eigenvalue weighted by molar-refractivity contribution is -0.140. The smallest absolute Gasteiger partial charge is 0.242 e. The quantitative estimate of drug-likeness (QED) is 0.675. The molecule has 0 radical (unpaired) electrons. The molecule has 7 heteroatoms. The highest BCUT2D eigenvalue weighted by Crippen LogP contribution is 2.21. The first-order valence-electron chi connectivity index (χ1n) is 8.58. The van der Waals surface area contributed by atoms with E-state index in [1.807, 2.05) is 31.2 Å². The topological polar surface area (TPSA) is 49.4 Å². The maximum absolute atomic E-state index is 14.1. The zero-order chi connectivity index (χ0) is 20.0. The molecule has 0 unspecified atom stereocenters. The highest BCUT2D eigenvalue weighted by Gasteiger charge is 2.27. The van der Waals surface area contributed by atoms with E-state index in [2.05, 4.69) is 21.2 Å². The van der Waals surface area contributed by atoms with Crippen molar-refractivity contribution in [2.24, 2.45) is 0 Å². The molecule has 144 valence electrons. The van der Waals surface area contributed by atoms with Gasteiger partial charge in [0.2, 0.25) is 11.8 Å². The Morgan fingerprint density at radius 1 is 1.22 bits per heavy atom. The second-order valence-electron chi connectivity index (χ2n) is 6.10. The molecule has 0 saturated carbocycles. The number of likely N-dealkylation sites (N-methyl/N-ethyl adjacent to an activating group) is 1. The molecule has 0 aliphatic carbocycles. The number of carbonyl (C=O) groups excluding carboxylic acids is 2. The van der Waals surface area contributed by atoms with E-state index in [0.29, 0.717) is 6.54 Å². The fourth-order valence-corrected chi connectivity index (χ4v) is 3.14. The summed E-state index contributed by atoms with van der Waals surface area (Å²) in [7, 11) is 0. The molecule has 0 bridgehead atoms. The fraction of sp³-hybridized carbons (Fsp3) is 0.300. The molecule has 27 heavy (non-hydrogen) atoms. The molecule has 4 nitrogen and oxygen atoms in total. The van der Waals surface area contributed by atoms with Crippen molar-refractivity contribution < 1.29 is 14.0 Å². The summed E-state index contributed by atoms with van der Waals surface area (Å²) in [6.07, 6.45) is -0.216. The third-order valence-electron chi connectivity index (χ3n) is 4.17. The van der Waals surface area contributed by atoms with Crippen LogP contribution < -0.4 is 5.32 Å². The molecule has 0 aliphatic rings. The SMILES string of the molecule is CCNC(=O)[C@@H](C)N(Cc1ccc(Br)cc1)C(=O)Cc1c(F)cccc1Cl. The molecule has 1 N–H and O–H groups in total. The van der Waals surface area contributed by atoms with E-state index >= 15 is 0 Å². The number of halogens is 3.